The number of hydrogen-bond acceptors (Lipinski definition) is 3. The van der Waals surface area contributed by atoms with Crippen molar-refractivity contribution in [3.63, 3.8) is 0 Å². The molecule has 2 aliphatic rings. The second-order valence-corrected chi connectivity index (χ2v) is 16.0. The van der Waals surface area contributed by atoms with Crippen LogP contribution in [0.25, 0.3) is 75.9 Å². The molecule has 2 aromatic heterocycles. The Balaban J connectivity index is 0.945. The van der Waals surface area contributed by atoms with Gasteiger partial charge in [-0.2, -0.15) is 0 Å². The van der Waals surface area contributed by atoms with Gasteiger partial charge in [-0.25, -0.2) is 0 Å². The summed E-state index contributed by atoms with van der Waals surface area (Å²) in [5, 5.41) is 12.8. The van der Waals surface area contributed by atoms with Crippen molar-refractivity contribution in [3.8, 4) is 16.8 Å². The van der Waals surface area contributed by atoms with E-state index in [1.807, 2.05) is 11.3 Å². The molecule has 0 amide bonds. The van der Waals surface area contributed by atoms with Crippen molar-refractivity contribution in [1.29, 1.82) is 0 Å². The molecule has 10 aromatic rings. The Bertz CT molecular complexity index is 3170. The molecule has 55 heavy (non-hydrogen) atoms. The molecule has 4 heteroatoms. The van der Waals surface area contributed by atoms with Crippen LogP contribution in [0.15, 0.2) is 182 Å². The maximum atomic E-state index is 7.04. The maximum absolute atomic E-state index is 7.04. The van der Waals surface area contributed by atoms with E-state index in [0.717, 1.165) is 29.1 Å². The summed E-state index contributed by atoms with van der Waals surface area (Å²) in [6.07, 6.45) is 0.628. The average Bonchev–Trinajstić information content (AvgIpc) is 3.95. The highest BCUT2D eigenvalue weighted by molar-refractivity contribution is 7.19. The number of aromatic nitrogens is 1. The van der Waals surface area contributed by atoms with Gasteiger partial charge in [0.1, 0.15) is 5.76 Å². The molecule has 2 unspecified atom stereocenters. The summed E-state index contributed by atoms with van der Waals surface area (Å²) in [4.78, 5) is 1.41. The molecule has 2 atom stereocenters. The minimum Gasteiger partial charge on any atom is -0.468 e. The lowest BCUT2D eigenvalue weighted by molar-refractivity contribution is 0.117. The number of hydrogen-bond donors (Lipinski definition) is 1. The van der Waals surface area contributed by atoms with Gasteiger partial charge in [-0.3, -0.25) is 0 Å². The van der Waals surface area contributed by atoms with Crippen molar-refractivity contribution in [1.82, 2.24) is 9.88 Å². The van der Waals surface area contributed by atoms with Gasteiger partial charge in [0.2, 0.25) is 0 Å². The zero-order valence-electron chi connectivity index (χ0n) is 29.9. The Hall–Kier alpha value is -6.62. The second kappa shape index (κ2) is 11.9. The molecule has 0 bridgehead atoms. The molecular formula is C51H34N2OS. The first-order valence-corrected chi connectivity index (χ1v) is 19.9. The fourth-order valence-corrected chi connectivity index (χ4v) is 10.4. The highest BCUT2D eigenvalue weighted by Gasteiger charge is 2.39. The van der Waals surface area contributed by atoms with Gasteiger partial charge in [0, 0.05) is 48.5 Å². The fourth-order valence-electron chi connectivity index (χ4n) is 9.17. The van der Waals surface area contributed by atoms with E-state index in [0.29, 0.717) is 0 Å². The van der Waals surface area contributed by atoms with Crippen molar-refractivity contribution < 1.29 is 4.74 Å². The normalized spacial score (nSPS) is 16.5. The van der Waals surface area contributed by atoms with Gasteiger partial charge in [0.15, 0.2) is 6.23 Å². The van der Waals surface area contributed by atoms with Crippen molar-refractivity contribution in [2.75, 3.05) is 0 Å². The van der Waals surface area contributed by atoms with Gasteiger partial charge in [-0.05, 0) is 81.1 Å². The summed E-state index contributed by atoms with van der Waals surface area (Å²) in [5.74, 6) is 1.16. The molecule has 0 fully saturated rings. The summed E-state index contributed by atoms with van der Waals surface area (Å²) in [6.45, 7) is 0. The summed E-state index contributed by atoms with van der Waals surface area (Å²) in [6, 6.07) is 64.1. The molecule has 1 aliphatic heterocycles. The van der Waals surface area contributed by atoms with E-state index < -0.39 is 0 Å². The minimum absolute atomic E-state index is 0.124. The van der Waals surface area contributed by atoms with Crippen LogP contribution in [-0.4, -0.2) is 4.57 Å². The third-order valence-corrected chi connectivity index (χ3v) is 13.0. The van der Waals surface area contributed by atoms with E-state index in [9.17, 15) is 0 Å². The summed E-state index contributed by atoms with van der Waals surface area (Å²) in [5.41, 5.74) is 10.8. The van der Waals surface area contributed by atoms with Crippen LogP contribution in [0.4, 0.5) is 0 Å². The zero-order chi connectivity index (χ0) is 36.0. The molecule has 0 spiro atoms. The van der Waals surface area contributed by atoms with Crippen molar-refractivity contribution in [3.05, 3.63) is 203 Å². The zero-order valence-corrected chi connectivity index (χ0v) is 30.7. The fraction of sp³-hybridized carbons (Fsp3) is 0.0588. The number of benzene rings is 8. The van der Waals surface area contributed by atoms with E-state index in [4.69, 9.17) is 4.74 Å². The Morgan fingerprint density at radius 1 is 0.545 bits per heavy atom. The standard InChI is InChI=1S/C51H34N2OS/c1-2-10-31(11-3-1)32-18-20-34(21-19-32)41-30-46-48(40-16-8-9-17-45(40)55-46)49-50(41)54-51(52-49)35-22-25-38(26-23-35)53-43-27-24-33-12-6-7-15-39(33)47(43)42-28-36-13-4-5-14-37(36)29-44(42)53/h1-29,41,51-52H,30H2. The number of allylic oxidation sites excluding steroid dienone is 1. The summed E-state index contributed by atoms with van der Waals surface area (Å²) < 4.78 is 10.8. The van der Waals surface area contributed by atoms with Crippen LogP contribution in [0.3, 0.4) is 0 Å². The second-order valence-electron chi connectivity index (χ2n) is 14.8. The number of thiophene rings is 1. The van der Waals surface area contributed by atoms with E-state index in [1.54, 1.807) is 0 Å². The van der Waals surface area contributed by atoms with Crippen LogP contribution < -0.4 is 5.32 Å². The average molecular weight is 723 g/mol. The Morgan fingerprint density at radius 3 is 2.04 bits per heavy atom. The molecule has 12 rings (SSSR count). The highest BCUT2D eigenvalue weighted by Crippen LogP contribution is 2.51. The highest BCUT2D eigenvalue weighted by atomic mass is 32.1. The third kappa shape index (κ3) is 4.75. The van der Waals surface area contributed by atoms with Crippen molar-refractivity contribution in [2.24, 2.45) is 0 Å². The molecule has 3 heterocycles. The van der Waals surface area contributed by atoms with Gasteiger partial charge in [0.05, 0.1) is 16.7 Å². The van der Waals surface area contributed by atoms with Crippen LogP contribution in [0.1, 0.15) is 33.7 Å². The molecule has 0 saturated carbocycles. The molecule has 0 radical (unpaired) electrons. The van der Waals surface area contributed by atoms with E-state index >= 15 is 0 Å². The van der Waals surface area contributed by atoms with E-state index in [1.165, 1.54) is 80.6 Å². The molecule has 8 aromatic carbocycles. The molecule has 0 saturated heterocycles. The van der Waals surface area contributed by atoms with Crippen LogP contribution >= 0.6 is 11.3 Å². The number of ether oxygens (including phenoxy) is 1. The number of rotatable bonds is 4. The first kappa shape index (κ1) is 30.8. The predicted octanol–water partition coefficient (Wildman–Crippen LogP) is 13.3. The molecule has 3 nitrogen and oxygen atoms in total. The van der Waals surface area contributed by atoms with Crippen LogP contribution in [0.5, 0.6) is 0 Å². The monoisotopic (exact) mass is 722 g/mol. The minimum atomic E-state index is -0.291. The largest absolute Gasteiger partial charge is 0.468 e. The molecular weight excluding hydrogens is 689 g/mol. The topological polar surface area (TPSA) is 26.2 Å². The lowest BCUT2D eigenvalue weighted by Crippen LogP contribution is -2.16. The lowest BCUT2D eigenvalue weighted by atomic mass is 9.84. The first-order chi connectivity index (χ1) is 27.2. The quantitative estimate of drug-likeness (QED) is 0.196. The first-order valence-electron chi connectivity index (χ1n) is 19.0. The van der Waals surface area contributed by atoms with Gasteiger partial charge < -0.3 is 14.6 Å². The number of nitrogens with one attached hydrogen (secondary N) is 1. The van der Waals surface area contributed by atoms with Crippen molar-refractivity contribution >= 4 is 70.5 Å². The van der Waals surface area contributed by atoms with Gasteiger partial charge in [0.25, 0.3) is 0 Å². The molecule has 260 valence electrons. The maximum Gasteiger partial charge on any atom is 0.196 e. The third-order valence-electron chi connectivity index (χ3n) is 11.8. The summed E-state index contributed by atoms with van der Waals surface area (Å²) in [7, 11) is 0. The van der Waals surface area contributed by atoms with Gasteiger partial charge in [-0.15, -0.1) is 11.3 Å². The lowest BCUT2D eigenvalue weighted by Gasteiger charge is -2.24. The van der Waals surface area contributed by atoms with Crippen LogP contribution in [-0.2, 0) is 11.2 Å². The van der Waals surface area contributed by atoms with Gasteiger partial charge in [-0.1, -0.05) is 140 Å². The summed E-state index contributed by atoms with van der Waals surface area (Å²) >= 11 is 1.91. The van der Waals surface area contributed by atoms with Gasteiger partial charge >= 0.3 is 0 Å². The van der Waals surface area contributed by atoms with Crippen LogP contribution in [0.2, 0.25) is 0 Å². The van der Waals surface area contributed by atoms with Crippen molar-refractivity contribution in [2.45, 2.75) is 18.6 Å². The molecule has 1 aliphatic carbocycles. The SMILES string of the molecule is c1ccc(-c2ccc(C3Cc4sc5ccccc5c4C4=C3OC(c3ccc(-n5c6cc7ccccc7cc6c6c7ccccc7ccc65)cc3)N4)cc2)cc1. The number of fused-ring (bicyclic) bond motifs is 10. The predicted molar refractivity (Wildman–Crippen MR) is 230 cm³/mol. The van der Waals surface area contributed by atoms with E-state index in [2.05, 4.69) is 186 Å². The number of nitrogens with zero attached hydrogens (tertiary/aromatic N) is 1. The smallest absolute Gasteiger partial charge is 0.196 e. The molecule has 1 N–H and O–H groups in total. The van der Waals surface area contributed by atoms with E-state index in [-0.39, 0.29) is 12.1 Å². The Kier molecular flexibility index (Phi) is 6.69. The van der Waals surface area contributed by atoms with Crippen LogP contribution in [0, 0.1) is 0 Å². The Labute approximate surface area is 322 Å². The Morgan fingerprint density at radius 2 is 1.22 bits per heavy atom.